The molecule has 1 fully saturated rings. The monoisotopic (exact) mass is 415 g/mol. The summed E-state index contributed by atoms with van der Waals surface area (Å²) in [5.74, 6) is 0.423. The molecule has 162 valence electrons. The van der Waals surface area contributed by atoms with E-state index in [4.69, 9.17) is 5.73 Å². The number of benzene rings is 3. The molecule has 0 spiro atoms. The first-order chi connectivity index (χ1) is 15.1. The Hall–Kier alpha value is -2.45. The molecule has 31 heavy (non-hydrogen) atoms. The Balaban J connectivity index is 1.46. The molecule has 2 N–H and O–H groups in total. The van der Waals surface area contributed by atoms with Gasteiger partial charge in [-0.1, -0.05) is 80.4 Å². The number of hydrogen-bond donors (Lipinski definition) is 1. The van der Waals surface area contributed by atoms with Crippen molar-refractivity contribution >= 4 is 0 Å². The van der Waals surface area contributed by atoms with Crippen molar-refractivity contribution in [2.45, 2.75) is 70.3 Å². The van der Waals surface area contributed by atoms with Crippen LogP contribution in [0.4, 0.5) is 4.39 Å². The molecule has 1 saturated carbocycles. The van der Waals surface area contributed by atoms with Gasteiger partial charge in [-0.05, 0) is 78.3 Å². The fourth-order valence-corrected chi connectivity index (χ4v) is 4.76. The zero-order chi connectivity index (χ0) is 21.6. The average Bonchev–Trinajstić information content (AvgIpc) is 2.80. The molecule has 1 aliphatic rings. The van der Waals surface area contributed by atoms with Crippen LogP contribution in [-0.2, 0) is 6.42 Å². The van der Waals surface area contributed by atoms with Gasteiger partial charge in [0.05, 0.1) is 0 Å². The van der Waals surface area contributed by atoms with Gasteiger partial charge in [-0.2, -0.15) is 0 Å². The maximum Gasteiger partial charge on any atom is 0.131 e. The van der Waals surface area contributed by atoms with Gasteiger partial charge in [0.15, 0.2) is 0 Å². The van der Waals surface area contributed by atoms with E-state index in [2.05, 4.69) is 55.5 Å². The largest absolute Gasteiger partial charge is 0.328 e. The van der Waals surface area contributed by atoms with Crippen molar-refractivity contribution in [3.8, 4) is 22.3 Å². The summed E-state index contributed by atoms with van der Waals surface area (Å²) in [6, 6.07) is 23.0. The highest BCUT2D eigenvalue weighted by atomic mass is 19.1. The molecule has 3 aromatic carbocycles. The summed E-state index contributed by atoms with van der Waals surface area (Å²) in [5.41, 5.74) is 12.3. The quantitative estimate of drug-likeness (QED) is 0.390. The molecule has 0 aliphatic heterocycles. The van der Waals surface area contributed by atoms with Crippen LogP contribution < -0.4 is 5.73 Å². The maximum absolute atomic E-state index is 15.0. The van der Waals surface area contributed by atoms with Crippen LogP contribution in [0.3, 0.4) is 0 Å². The standard InChI is InChI=1S/C29H34FN/c1-2-3-4-5-21-6-8-24(9-7-21)26-16-19-28(29(30)20-26)25-12-10-22(11-13-25)23-14-17-27(31)18-15-23/h6-13,16,19-20,23,27H,2-5,14-15,17-18,31H2,1H3. The van der Waals surface area contributed by atoms with E-state index >= 15 is 0 Å². The van der Waals surface area contributed by atoms with Crippen molar-refractivity contribution < 1.29 is 4.39 Å². The van der Waals surface area contributed by atoms with Crippen LogP contribution in [-0.4, -0.2) is 6.04 Å². The van der Waals surface area contributed by atoms with Crippen molar-refractivity contribution in [2.24, 2.45) is 5.73 Å². The summed E-state index contributed by atoms with van der Waals surface area (Å²) in [6.07, 6.45) is 9.36. The number of nitrogens with two attached hydrogens (primary N) is 1. The van der Waals surface area contributed by atoms with Gasteiger partial charge >= 0.3 is 0 Å². The Kier molecular flexibility index (Phi) is 7.19. The minimum Gasteiger partial charge on any atom is -0.328 e. The molecule has 1 nitrogen and oxygen atoms in total. The first-order valence-electron chi connectivity index (χ1n) is 11.9. The Morgan fingerprint density at radius 3 is 2.06 bits per heavy atom. The molecule has 0 unspecified atom stereocenters. The summed E-state index contributed by atoms with van der Waals surface area (Å²) < 4.78 is 15.0. The summed E-state index contributed by atoms with van der Waals surface area (Å²) in [4.78, 5) is 0. The van der Waals surface area contributed by atoms with Gasteiger partial charge in [-0.15, -0.1) is 0 Å². The van der Waals surface area contributed by atoms with Gasteiger partial charge in [0.25, 0.3) is 0 Å². The van der Waals surface area contributed by atoms with Gasteiger partial charge in [0, 0.05) is 11.6 Å². The Bertz CT molecular complexity index is 967. The van der Waals surface area contributed by atoms with Crippen molar-refractivity contribution in [3.05, 3.63) is 83.7 Å². The van der Waals surface area contributed by atoms with Crippen LogP contribution in [0.5, 0.6) is 0 Å². The lowest BCUT2D eigenvalue weighted by Gasteiger charge is -2.26. The highest BCUT2D eigenvalue weighted by Crippen LogP contribution is 2.34. The SMILES string of the molecule is CCCCCc1ccc(-c2ccc(-c3ccc(C4CCC(N)CC4)cc3)c(F)c2)cc1. The van der Waals surface area contributed by atoms with E-state index in [0.717, 1.165) is 48.8 Å². The second-order valence-electron chi connectivity index (χ2n) is 9.08. The first kappa shape index (κ1) is 21.8. The molecule has 0 aromatic heterocycles. The lowest BCUT2D eigenvalue weighted by Crippen LogP contribution is -2.25. The van der Waals surface area contributed by atoms with Crippen LogP contribution in [0.15, 0.2) is 66.7 Å². The van der Waals surface area contributed by atoms with E-state index in [-0.39, 0.29) is 5.82 Å². The third kappa shape index (κ3) is 5.43. The van der Waals surface area contributed by atoms with Crippen LogP contribution in [0.1, 0.15) is 68.9 Å². The summed E-state index contributed by atoms with van der Waals surface area (Å²) in [7, 11) is 0. The lowest BCUT2D eigenvalue weighted by atomic mass is 9.82. The molecule has 2 heteroatoms. The van der Waals surface area contributed by atoms with E-state index in [1.807, 2.05) is 12.1 Å². The predicted molar refractivity (Wildman–Crippen MR) is 130 cm³/mol. The van der Waals surface area contributed by atoms with Crippen molar-refractivity contribution in [1.29, 1.82) is 0 Å². The van der Waals surface area contributed by atoms with E-state index < -0.39 is 0 Å². The topological polar surface area (TPSA) is 26.0 Å². The number of rotatable bonds is 7. The third-order valence-electron chi connectivity index (χ3n) is 6.79. The van der Waals surface area contributed by atoms with Gasteiger partial charge in [-0.25, -0.2) is 4.39 Å². The predicted octanol–water partition coefficient (Wildman–Crippen LogP) is 7.88. The van der Waals surface area contributed by atoms with Gasteiger partial charge < -0.3 is 5.73 Å². The fraction of sp³-hybridized carbons (Fsp3) is 0.379. The number of aryl methyl sites for hydroxylation is 1. The molecule has 0 amide bonds. The van der Waals surface area contributed by atoms with Crippen molar-refractivity contribution in [1.82, 2.24) is 0 Å². The first-order valence-corrected chi connectivity index (χ1v) is 11.9. The van der Waals surface area contributed by atoms with E-state index in [1.165, 1.54) is 30.4 Å². The average molecular weight is 416 g/mol. The lowest BCUT2D eigenvalue weighted by molar-refractivity contribution is 0.395. The zero-order valence-corrected chi connectivity index (χ0v) is 18.6. The molecule has 0 atom stereocenters. The molecule has 0 saturated heterocycles. The Morgan fingerprint density at radius 2 is 1.42 bits per heavy atom. The van der Waals surface area contributed by atoms with E-state index in [9.17, 15) is 4.39 Å². The summed E-state index contributed by atoms with van der Waals surface area (Å²) in [6.45, 7) is 2.22. The van der Waals surface area contributed by atoms with Crippen LogP contribution >= 0.6 is 0 Å². The molecular formula is C29H34FN. The number of halogens is 1. The Morgan fingerprint density at radius 1 is 0.774 bits per heavy atom. The van der Waals surface area contributed by atoms with Crippen LogP contribution in [0, 0.1) is 5.82 Å². The molecule has 0 heterocycles. The fourth-order valence-electron chi connectivity index (χ4n) is 4.76. The Labute approximate surface area is 186 Å². The molecule has 4 rings (SSSR count). The molecule has 0 bridgehead atoms. The highest BCUT2D eigenvalue weighted by molar-refractivity contribution is 5.71. The summed E-state index contributed by atoms with van der Waals surface area (Å²) >= 11 is 0. The van der Waals surface area contributed by atoms with Gasteiger partial charge in [0.1, 0.15) is 5.82 Å². The molecular weight excluding hydrogens is 381 g/mol. The van der Waals surface area contributed by atoms with Crippen LogP contribution in [0.25, 0.3) is 22.3 Å². The normalized spacial score (nSPS) is 18.8. The molecule has 0 radical (unpaired) electrons. The van der Waals surface area contributed by atoms with Crippen LogP contribution in [0.2, 0.25) is 0 Å². The minimum absolute atomic E-state index is 0.166. The second kappa shape index (κ2) is 10.2. The maximum atomic E-state index is 15.0. The van der Waals surface area contributed by atoms with Crippen molar-refractivity contribution in [2.75, 3.05) is 0 Å². The number of unbranched alkanes of at least 4 members (excludes halogenated alkanes) is 2. The van der Waals surface area contributed by atoms with E-state index in [0.29, 0.717) is 17.5 Å². The smallest absolute Gasteiger partial charge is 0.131 e. The number of hydrogen-bond acceptors (Lipinski definition) is 1. The highest BCUT2D eigenvalue weighted by Gasteiger charge is 2.20. The molecule has 3 aromatic rings. The van der Waals surface area contributed by atoms with Gasteiger partial charge in [0.2, 0.25) is 0 Å². The third-order valence-corrected chi connectivity index (χ3v) is 6.79. The van der Waals surface area contributed by atoms with Gasteiger partial charge in [-0.3, -0.25) is 0 Å². The van der Waals surface area contributed by atoms with E-state index in [1.54, 1.807) is 6.07 Å². The minimum atomic E-state index is -0.166. The second-order valence-corrected chi connectivity index (χ2v) is 9.08. The molecule has 1 aliphatic carbocycles. The zero-order valence-electron chi connectivity index (χ0n) is 18.6. The summed E-state index contributed by atoms with van der Waals surface area (Å²) in [5, 5.41) is 0. The van der Waals surface area contributed by atoms with Crippen molar-refractivity contribution in [3.63, 3.8) is 0 Å².